The van der Waals surface area contributed by atoms with Crippen molar-refractivity contribution in [2.24, 2.45) is 5.41 Å². The fourth-order valence-electron chi connectivity index (χ4n) is 1.49. The molecule has 0 bridgehead atoms. The molecule has 2 rings (SSSR count). The molecule has 2 fully saturated rings. The van der Waals surface area contributed by atoms with E-state index in [1.54, 1.807) is 0 Å². The van der Waals surface area contributed by atoms with Crippen molar-refractivity contribution < 1.29 is 9.47 Å². The van der Waals surface area contributed by atoms with Crippen molar-refractivity contribution in [1.29, 1.82) is 0 Å². The summed E-state index contributed by atoms with van der Waals surface area (Å²) in [5.41, 5.74) is 0.410. The molecule has 2 aliphatic heterocycles. The molecule has 2 nitrogen and oxygen atoms in total. The van der Waals surface area contributed by atoms with Crippen molar-refractivity contribution in [1.82, 2.24) is 0 Å². The Bertz CT molecular complexity index is 124. The summed E-state index contributed by atoms with van der Waals surface area (Å²) >= 11 is 2.00. The largest absolute Gasteiger partial charge is 0.380 e. The Morgan fingerprint density at radius 2 is 1.82 bits per heavy atom. The highest BCUT2D eigenvalue weighted by atomic mass is 32.2. The summed E-state index contributed by atoms with van der Waals surface area (Å²) in [6.45, 7) is 3.70. The molecule has 2 saturated heterocycles. The van der Waals surface area contributed by atoms with Gasteiger partial charge < -0.3 is 9.47 Å². The monoisotopic (exact) mass is 174 g/mol. The van der Waals surface area contributed by atoms with Crippen LogP contribution in [0.15, 0.2) is 0 Å². The minimum absolute atomic E-state index is 0.410. The van der Waals surface area contributed by atoms with E-state index in [0.717, 1.165) is 32.2 Å². The molecule has 0 aliphatic carbocycles. The van der Waals surface area contributed by atoms with Crippen LogP contribution in [-0.4, -0.2) is 37.9 Å². The normalized spacial score (nSPS) is 30.5. The van der Waals surface area contributed by atoms with Gasteiger partial charge in [-0.1, -0.05) is 0 Å². The van der Waals surface area contributed by atoms with Crippen LogP contribution in [0.2, 0.25) is 0 Å². The van der Waals surface area contributed by atoms with E-state index in [2.05, 4.69) is 0 Å². The molecule has 0 atom stereocenters. The van der Waals surface area contributed by atoms with Crippen molar-refractivity contribution in [2.45, 2.75) is 6.42 Å². The summed E-state index contributed by atoms with van der Waals surface area (Å²) in [6.07, 6.45) is 1.28. The number of rotatable bonds is 0. The summed E-state index contributed by atoms with van der Waals surface area (Å²) in [5, 5.41) is 0. The van der Waals surface area contributed by atoms with Crippen molar-refractivity contribution in [3.63, 3.8) is 0 Å². The second-order valence-corrected chi connectivity index (χ2v) is 4.63. The summed E-state index contributed by atoms with van der Waals surface area (Å²) in [5.74, 6) is 2.45. The summed E-state index contributed by atoms with van der Waals surface area (Å²) in [4.78, 5) is 0. The Kier molecular flexibility index (Phi) is 2.39. The Morgan fingerprint density at radius 3 is 2.55 bits per heavy atom. The van der Waals surface area contributed by atoms with Gasteiger partial charge in [0.1, 0.15) is 0 Å². The topological polar surface area (TPSA) is 18.5 Å². The summed E-state index contributed by atoms with van der Waals surface area (Å²) in [6, 6.07) is 0. The first-order chi connectivity index (χ1) is 5.41. The molecule has 64 valence electrons. The predicted octanol–water partition coefficient (Wildman–Crippen LogP) is 1.16. The van der Waals surface area contributed by atoms with E-state index in [1.165, 1.54) is 12.2 Å². The Morgan fingerprint density at radius 1 is 1.00 bits per heavy atom. The summed E-state index contributed by atoms with van der Waals surface area (Å²) < 4.78 is 10.8. The molecule has 0 aromatic heterocycles. The lowest BCUT2D eigenvalue weighted by atomic mass is 9.84. The zero-order chi connectivity index (χ0) is 7.57. The van der Waals surface area contributed by atoms with Gasteiger partial charge in [0, 0.05) is 11.2 Å². The van der Waals surface area contributed by atoms with Gasteiger partial charge in [0.05, 0.1) is 26.4 Å². The van der Waals surface area contributed by atoms with Crippen LogP contribution in [-0.2, 0) is 9.47 Å². The van der Waals surface area contributed by atoms with Gasteiger partial charge in [0.2, 0.25) is 0 Å². The lowest BCUT2D eigenvalue weighted by Crippen LogP contribution is -2.47. The standard InChI is InChI=1S/C8H14O2S/c1-3-11-4-2-9-5-8(1)6-10-7-8/h1-7H2. The zero-order valence-corrected chi connectivity index (χ0v) is 7.49. The molecule has 0 amide bonds. The maximum Gasteiger partial charge on any atom is 0.0567 e. The first-order valence-electron chi connectivity index (χ1n) is 4.15. The van der Waals surface area contributed by atoms with Gasteiger partial charge in [0.15, 0.2) is 0 Å². The molecule has 0 radical (unpaired) electrons. The fourth-order valence-corrected chi connectivity index (χ4v) is 2.51. The average molecular weight is 174 g/mol. The lowest BCUT2D eigenvalue weighted by Gasteiger charge is -2.42. The molecule has 3 heteroatoms. The first kappa shape index (κ1) is 7.90. The van der Waals surface area contributed by atoms with Gasteiger partial charge in [-0.05, 0) is 12.2 Å². The quantitative estimate of drug-likeness (QED) is 0.549. The lowest BCUT2D eigenvalue weighted by molar-refractivity contribution is -0.149. The van der Waals surface area contributed by atoms with Crippen LogP contribution in [0.1, 0.15) is 6.42 Å². The van der Waals surface area contributed by atoms with Crippen molar-refractivity contribution in [3.05, 3.63) is 0 Å². The Hall–Kier alpha value is 0.270. The van der Waals surface area contributed by atoms with Crippen molar-refractivity contribution >= 4 is 11.8 Å². The molecular weight excluding hydrogens is 160 g/mol. The van der Waals surface area contributed by atoms with E-state index in [-0.39, 0.29) is 0 Å². The molecule has 2 heterocycles. The van der Waals surface area contributed by atoms with Gasteiger partial charge in [-0.2, -0.15) is 11.8 Å². The van der Waals surface area contributed by atoms with Crippen LogP contribution in [0.25, 0.3) is 0 Å². The number of ether oxygens (including phenoxy) is 2. The van der Waals surface area contributed by atoms with Crippen LogP contribution in [0.5, 0.6) is 0 Å². The van der Waals surface area contributed by atoms with Gasteiger partial charge in [-0.3, -0.25) is 0 Å². The highest BCUT2D eigenvalue weighted by Gasteiger charge is 2.38. The predicted molar refractivity (Wildman–Crippen MR) is 46.0 cm³/mol. The van der Waals surface area contributed by atoms with Crippen molar-refractivity contribution in [3.8, 4) is 0 Å². The molecule has 0 N–H and O–H groups in total. The third-order valence-electron chi connectivity index (χ3n) is 2.37. The van der Waals surface area contributed by atoms with E-state index in [1.807, 2.05) is 11.8 Å². The number of hydrogen-bond donors (Lipinski definition) is 0. The Labute approximate surface area is 71.6 Å². The van der Waals surface area contributed by atoms with E-state index < -0.39 is 0 Å². The SMILES string of the molecule is C1CSCCC2(CO1)COC2. The van der Waals surface area contributed by atoms with Crippen LogP contribution >= 0.6 is 11.8 Å². The van der Waals surface area contributed by atoms with E-state index in [4.69, 9.17) is 9.47 Å². The van der Waals surface area contributed by atoms with Crippen molar-refractivity contribution in [2.75, 3.05) is 37.9 Å². The molecule has 0 saturated carbocycles. The molecule has 0 unspecified atom stereocenters. The third kappa shape index (κ3) is 1.71. The molecule has 0 aromatic carbocycles. The third-order valence-corrected chi connectivity index (χ3v) is 3.32. The average Bonchev–Trinajstić information content (AvgIpc) is 1.82. The fraction of sp³-hybridized carbons (Fsp3) is 1.00. The summed E-state index contributed by atoms with van der Waals surface area (Å²) in [7, 11) is 0. The zero-order valence-electron chi connectivity index (χ0n) is 6.67. The van der Waals surface area contributed by atoms with Crippen LogP contribution in [0.4, 0.5) is 0 Å². The highest BCUT2D eigenvalue weighted by Crippen LogP contribution is 2.34. The van der Waals surface area contributed by atoms with Gasteiger partial charge in [0.25, 0.3) is 0 Å². The number of thioether (sulfide) groups is 1. The van der Waals surface area contributed by atoms with Gasteiger partial charge in [-0.25, -0.2) is 0 Å². The second-order valence-electron chi connectivity index (χ2n) is 3.41. The molecule has 1 spiro atoms. The minimum atomic E-state index is 0.410. The molecule has 2 aliphatic rings. The van der Waals surface area contributed by atoms with Gasteiger partial charge in [-0.15, -0.1) is 0 Å². The smallest absolute Gasteiger partial charge is 0.0567 e. The maximum absolute atomic E-state index is 5.53. The van der Waals surface area contributed by atoms with Gasteiger partial charge >= 0.3 is 0 Å². The van der Waals surface area contributed by atoms with E-state index >= 15 is 0 Å². The minimum Gasteiger partial charge on any atom is -0.380 e. The van der Waals surface area contributed by atoms with E-state index in [0.29, 0.717) is 5.41 Å². The highest BCUT2D eigenvalue weighted by molar-refractivity contribution is 7.99. The maximum atomic E-state index is 5.53. The van der Waals surface area contributed by atoms with Crippen LogP contribution < -0.4 is 0 Å². The molecular formula is C8H14O2S. The van der Waals surface area contributed by atoms with Crippen LogP contribution in [0, 0.1) is 5.41 Å². The first-order valence-corrected chi connectivity index (χ1v) is 5.30. The molecule has 0 aromatic rings. The second kappa shape index (κ2) is 3.33. The molecule has 11 heavy (non-hydrogen) atoms. The number of hydrogen-bond acceptors (Lipinski definition) is 3. The Balaban J connectivity index is 1.86. The van der Waals surface area contributed by atoms with Crippen LogP contribution in [0.3, 0.4) is 0 Å². The van der Waals surface area contributed by atoms with E-state index in [9.17, 15) is 0 Å².